The van der Waals surface area contributed by atoms with Gasteiger partial charge in [-0.25, -0.2) is 4.79 Å². The molecule has 2 unspecified atom stereocenters. The number of aryl methyl sites for hydroxylation is 1. The van der Waals surface area contributed by atoms with Crippen LogP contribution in [0, 0.1) is 18.8 Å². The fraction of sp³-hybridized carbons (Fsp3) is 0.571. The van der Waals surface area contributed by atoms with Crippen LogP contribution >= 0.6 is 11.8 Å². The first-order valence-electron chi connectivity index (χ1n) is 15.5. The molecule has 0 amide bonds. The van der Waals surface area contributed by atoms with Gasteiger partial charge in [0.25, 0.3) is 0 Å². The Kier molecular flexibility index (Phi) is 14.3. The Balaban J connectivity index is 1.79. The third-order valence-electron chi connectivity index (χ3n) is 8.20. The van der Waals surface area contributed by atoms with Crippen LogP contribution in [0.1, 0.15) is 81.9 Å². The van der Waals surface area contributed by atoms with Gasteiger partial charge in [0.05, 0.1) is 6.61 Å². The molecular weight excluding hydrogens is 528 g/mol. The number of hydrogen-bond donors (Lipinski definition) is 3. The van der Waals surface area contributed by atoms with Crippen molar-refractivity contribution in [2.24, 2.45) is 11.8 Å². The molecule has 0 radical (unpaired) electrons. The number of carboxylic acid groups (broad SMARTS) is 1. The molecule has 0 heterocycles. The standard InChI is InChI=1S/C35H52N2O3S/c1-25(2)17-19-40-24-30(21-28-12-7-6-8-13-28)36-23-29-15-16-32(27(4)37-34(35(38)39)18-20-41-5)33(22-29)31-14-10-9-11-26(31)3/h9-11,14-16,22,25,28,30,34,36-37H,4,6-8,12-13,17-21,23-24H2,1-3,5H3,(H,38,39). The van der Waals surface area contributed by atoms with Gasteiger partial charge in [0.1, 0.15) is 6.04 Å². The molecule has 5 nitrogen and oxygen atoms in total. The van der Waals surface area contributed by atoms with Crippen molar-refractivity contribution in [2.75, 3.05) is 25.2 Å². The fourth-order valence-electron chi connectivity index (χ4n) is 5.69. The molecule has 3 rings (SSSR count). The van der Waals surface area contributed by atoms with Gasteiger partial charge in [-0.15, -0.1) is 0 Å². The summed E-state index contributed by atoms with van der Waals surface area (Å²) in [7, 11) is 0. The van der Waals surface area contributed by atoms with E-state index in [-0.39, 0.29) is 0 Å². The zero-order valence-corrected chi connectivity index (χ0v) is 26.5. The molecule has 1 aliphatic rings. The van der Waals surface area contributed by atoms with Crippen molar-refractivity contribution in [3.63, 3.8) is 0 Å². The van der Waals surface area contributed by atoms with Crippen LogP contribution < -0.4 is 10.6 Å². The molecule has 3 N–H and O–H groups in total. The minimum absolute atomic E-state index is 0.330. The normalized spacial score (nSPS) is 15.5. The molecule has 2 aromatic carbocycles. The SMILES string of the molecule is C=C(NC(CCSC)C(=O)O)c1ccc(CNC(COCCC(C)C)CC2CCCCC2)cc1-c1ccccc1C. The number of carbonyl (C=O) groups is 1. The Morgan fingerprint density at radius 2 is 1.85 bits per heavy atom. The largest absolute Gasteiger partial charge is 0.480 e. The lowest BCUT2D eigenvalue weighted by Crippen LogP contribution is -2.36. The number of thioether (sulfide) groups is 1. The Labute approximate surface area is 252 Å². The summed E-state index contributed by atoms with van der Waals surface area (Å²) in [6.07, 6.45) is 11.5. The van der Waals surface area contributed by atoms with E-state index >= 15 is 0 Å². The minimum Gasteiger partial charge on any atom is -0.480 e. The Bertz CT molecular complexity index is 1100. The van der Waals surface area contributed by atoms with E-state index in [1.807, 2.05) is 6.26 Å². The first kappa shape index (κ1) is 33.2. The molecule has 0 saturated heterocycles. The first-order chi connectivity index (χ1) is 19.8. The first-order valence-corrected chi connectivity index (χ1v) is 16.9. The van der Waals surface area contributed by atoms with Gasteiger partial charge in [0, 0.05) is 30.5 Å². The molecule has 6 heteroatoms. The minimum atomic E-state index is -0.849. The van der Waals surface area contributed by atoms with Gasteiger partial charge < -0.3 is 20.5 Å². The van der Waals surface area contributed by atoms with Crippen molar-refractivity contribution in [3.8, 4) is 11.1 Å². The summed E-state index contributed by atoms with van der Waals surface area (Å²) < 4.78 is 6.15. The molecule has 0 spiro atoms. The van der Waals surface area contributed by atoms with Crippen LogP contribution in [0.15, 0.2) is 49.0 Å². The van der Waals surface area contributed by atoms with Gasteiger partial charge in [-0.1, -0.05) is 88.9 Å². The predicted molar refractivity (Wildman–Crippen MR) is 175 cm³/mol. The average Bonchev–Trinajstić information content (AvgIpc) is 2.96. The smallest absolute Gasteiger partial charge is 0.326 e. The molecular formula is C35H52N2O3S. The van der Waals surface area contributed by atoms with E-state index in [2.05, 4.69) is 80.4 Å². The van der Waals surface area contributed by atoms with Gasteiger partial charge in [0.15, 0.2) is 0 Å². The monoisotopic (exact) mass is 580 g/mol. The van der Waals surface area contributed by atoms with Crippen LogP contribution in [0.4, 0.5) is 0 Å². The average molecular weight is 581 g/mol. The van der Waals surface area contributed by atoms with Crippen molar-refractivity contribution in [3.05, 3.63) is 65.7 Å². The zero-order valence-electron chi connectivity index (χ0n) is 25.7. The summed E-state index contributed by atoms with van der Waals surface area (Å²) in [4.78, 5) is 11.9. The van der Waals surface area contributed by atoms with Crippen LogP contribution in [-0.4, -0.2) is 48.4 Å². The maximum atomic E-state index is 11.9. The molecule has 1 saturated carbocycles. The molecule has 0 aliphatic heterocycles. The molecule has 2 atom stereocenters. The van der Waals surface area contributed by atoms with Crippen LogP contribution in [0.5, 0.6) is 0 Å². The van der Waals surface area contributed by atoms with Gasteiger partial charge in [-0.05, 0) is 78.4 Å². The number of benzene rings is 2. The second-order valence-electron chi connectivity index (χ2n) is 12.1. The molecule has 41 heavy (non-hydrogen) atoms. The molecule has 0 aromatic heterocycles. The van der Waals surface area contributed by atoms with Gasteiger partial charge in [0.2, 0.25) is 0 Å². The van der Waals surface area contributed by atoms with Crippen molar-refractivity contribution in [1.29, 1.82) is 0 Å². The fourth-order valence-corrected chi connectivity index (χ4v) is 6.16. The molecule has 226 valence electrons. The quantitative estimate of drug-likeness (QED) is 0.156. The predicted octanol–water partition coefficient (Wildman–Crippen LogP) is 7.92. The highest BCUT2D eigenvalue weighted by Crippen LogP contribution is 2.32. The van der Waals surface area contributed by atoms with Crippen molar-refractivity contribution >= 4 is 23.4 Å². The van der Waals surface area contributed by atoms with E-state index in [0.29, 0.717) is 24.1 Å². The van der Waals surface area contributed by atoms with Gasteiger partial charge in [-0.3, -0.25) is 0 Å². The second kappa shape index (κ2) is 17.6. The topological polar surface area (TPSA) is 70.6 Å². The number of hydrogen-bond acceptors (Lipinski definition) is 5. The number of nitrogens with one attached hydrogen (secondary N) is 2. The summed E-state index contributed by atoms with van der Waals surface area (Å²) in [5, 5.41) is 16.8. The van der Waals surface area contributed by atoms with Crippen LogP contribution in [-0.2, 0) is 16.1 Å². The van der Waals surface area contributed by atoms with E-state index in [1.54, 1.807) is 11.8 Å². The zero-order chi connectivity index (χ0) is 29.6. The highest BCUT2D eigenvalue weighted by atomic mass is 32.2. The highest BCUT2D eigenvalue weighted by Gasteiger charge is 2.21. The lowest BCUT2D eigenvalue weighted by atomic mass is 9.85. The Hall–Kier alpha value is -2.28. The van der Waals surface area contributed by atoms with E-state index in [9.17, 15) is 9.90 Å². The summed E-state index contributed by atoms with van der Waals surface area (Å²) >= 11 is 1.65. The molecule has 0 bridgehead atoms. The molecule has 2 aromatic rings. The highest BCUT2D eigenvalue weighted by molar-refractivity contribution is 7.98. The number of ether oxygens (including phenoxy) is 1. The lowest BCUT2D eigenvalue weighted by Gasteiger charge is -2.27. The Morgan fingerprint density at radius 1 is 1.10 bits per heavy atom. The molecule has 1 aliphatic carbocycles. The summed E-state index contributed by atoms with van der Waals surface area (Å²) in [6.45, 7) is 13.2. The van der Waals surface area contributed by atoms with Gasteiger partial charge >= 0.3 is 5.97 Å². The van der Waals surface area contributed by atoms with Crippen LogP contribution in [0.25, 0.3) is 16.8 Å². The lowest BCUT2D eigenvalue weighted by molar-refractivity contribution is -0.139. The third kappa shape index (κ3) is 11.1. The van der Waals surface area contributed by atoms with E-state index in [0.717, 1.165) is 61.0 Å². The Morgan fingerprint density at radius 3 is 2.54 bits per heavy atom. The number of aliphatic carboxylic acids is 1. The number of rotatable bonds is 18. The van der Waals surface area contributed by atoms with Crippen molar-refractivity contribution < 1.29 is 14.6 Å². The van der Waals surface area contributed by atoms with E-state index < -0.39 is 12.0 Å². The second-order valence-corrected chi connectivity index (χ2v) is 13.1. The molecule has 1 fully saturated rings. The van der Waals surface area contributed by atoms with Crippen molar-refractivity contribution in [1.82, 2.24) is 10.6 Å². The summed E-state index contributed by atoms with van der Waals surface area (Å²) in [5.74, 6) is 1.36. The van der Waals surface area contributed by atoms with E-state index in [1.165, 1.54) is 43.2 Å². The van der Waals surface area contributed by atoms with Crippen LogP contribution in [0.3, 0.4) is 0 Å². The maximum Gasteiger partial charge on any atom is 0.326 e. The van der Waals surface area contributed by atoms with Crippen LogP contribution in [0.2, 0.25) is 0 Å². The third-order valence-corrected chi connectivity index (χ3v) is 8.84. The van der Waals surface area contributed by atoms with E-state index in [4.69, 9.17) is 4.74 Å². The van der Waals surface area contributed by atoms with Gasteiger partial charge in [-0.2, -0.15) is 11.8 Å². The summed E-state index contributed by atoms with van der Waals surface area (Å²) in [5.41, 5.74) is 6.18. The summed E-state index contributed by atoms with van der Waals surface area (Å²) in [6, 6.07) is 14.5. The maximum absolute atomic E-state index is 11.9. The van der Waals surface area contributed by atoms with Crippen molar-refractivity contribution in [2.45, 2.75) is 90.8 Å². The number of carboxylic acids is 1.